The Labute approximate surface area is 141 Å². The van der Waals surface area contributed by atoms with Gasteiger partial charge in [-0.3, -0.25) is 0 Å². The summed E-state index contributed by atoms with van der Waals surface area (Å²) >= 11 is 0. The summed E-state index contributed by atoms with van der Waals surface area (Å²) in [5.41, 5.74) is 7.07. The molecule has 0 aliphatic heterocycles. The Morgan fingerprint density at radius 1 is 1.04 bits per heavy atom. The van der Waals surface area contributed by atoms with Crippen LogP contribution < -0.4 is 0 Å². The van der Waals surface area contributed by atoms with Gasteiger partial charge in [0.1, 0.15) is 0 Å². The summed E-state index contributed by atoms with van der Waals surface area (Å²) in [6.07, 6.45) is 1.04. The summed E-state index contributed by atoms with van der Waals surface area (Å²) in [5.74, 6) is 0.548. The molecular formula is C22H30O. The minimum absolute atomic E-state index is 0.108. The largest absolute Gasteiger partial charge is 0.380 e. The summed E-state index contributed by atoms with van der Waals surface area (Å²) in [7, 11) is 1.75. The van der Waals surface area contributed by atoms with Crippen LogP contribution in [0, 0.1) is 6.92 Å². The number of hydrogen-bond donors (Lipinski definition) is 0. The van der Waals surface area contributed by atoms with E-state index in [4.69, 9.17) is 4.74 Å². The molecule has 0 spiro atoms. The Balaban J connectivity index is 2.37. The Bertz CT molecular complexity index is 653. The van der Waals surface area contributed by atoms with Crippen molar-refractivity contribution in [3.63, 3.8) is 0 Å². The highest BCUT2D eigenvalue weighted by molar-refractivity contribution is 5.39. The van der Waals surface area contributed by atoms with Gasteiger partial charge in [0.05, 0.1) is 6.61 Å². The maximum atomic E-state index is 5.29. The number of benzene rings is 2. The highest BCUT2D eigenvalue weighted by atomic mass is 16.5. The average Bonchev–Trinajstić information content (AvgIpc) is 2.50. The molecule has 1 heteroatoms. The molecular weight excluding hydrogens is 280 g/mol. The molecule has 2 rings (SSSR count). The third-order valence-corrected chi connectivity index (χ3v) is 4.67. The average molecular weight is 310 g/mol. The fraction of sp³-hybridized carbons (Fsp3) is 0.455. The number of hydrogen-bond acceptors (Lipinski definition) is 1. The van der Waals surface area contributed by atoms with Crippen LogP contribution >= 0.6 is 0 Å². The third-order valence-electron chi connectivity index (χ3n) is 4.67. The second-order valence-electron chi connectivity index (χ2n) is 7.50. The molecule has 2 aromatic rings. The van der Waals surface area contributed by atoms with Crippen molar-refractivity contribution in [1.29, 1.82) is 0 Å². The van der Waals surface area contributed by atoms with E-state index in [-0.39, 0.29) is 5.41 Å². The molecule has 0 aliphatic rings. The highest BCUT2D eigenvalue weighted by Crippen LogP contribution is 2.34. The molecule has 0 heterocycles. The minimum Gasteiger partial charge on any atom is -0.380 e. The van der Waals surface area contributed by atoms with E-state index in [2.05, 4.69) is 77.1 Å². The topological polar surface area (TPSA) is 9.23 Å². The van der Waals surface area contributed by atoms with Crippen LogP contribution in [0.3, 0.4) is 0 Å². The molecule has 23 heavy (non-hydrogen) atoms. The zero-order chi connectivity index (χ0) is 17.0. The van der Waals surface area contributed by atoms with Crippen LogP contribution in [0.2, 0.25) is 0 Å². The second-order valence-corrected chi connectivity index (χ2v) is 7.50. The first-order chi connectivity index (χ1) is 10.8. The molecule has 0 N–H and O–H groups in total. The predicted molar refractivity (Wildman–Crippen MR) is 99.2 cm³/mol. The van der Waals surface area contributed by atoms with E-state index in [1.165, 1.54) is 27.8 Å². The predicted octanol–water partition coefficient (Wildman–Crippen LogP) is 5.79. The van der Waals surface area contributed by atoms with Crippen molar-refractivity contribution < 1.29 is 4.74 Å². The van der Waals surface area contributed by atoms with Gasteiger partial charge in [0.15, 0.2) is 0 Å². The number of methoxy groups -OCH3 is 1. The van der Waals surface area contributed by atoms with Crippen LogP contribution in [-0.2, 0) is 23.2 Å². The van der Waals surface area contributed by atoms with Gasteiger partial charge in [0.25, 0.3) is 0 Å². The molecule has 0 fully saturated rings. The van der Waals surface area contributed by atoms with E-state index in [1.807, 2.05) is 0 Å². The lowest BCUT2D eigenvalue weighted by Crippen LogP contribution is -2.23. The van der Waals surface area contributed by atoms with Crippen molar-refractivity contribution in [1.82, 2.24) is 0 Å². The van der Waals surface area contributed by atoms with Gasteiger partial charge in [-0.15, -0.1) is 0 Å². The zero-order valence-electron chi connectivity index (χ0n) is 15.4. The van der Waals surface area contributed by atoms with Gasteiger partial charge in [0.2, 0.25) is 0 Å². The van der Waals surface area contributed by atoms with Crippen LogP contribution in [0.15, 0.2) is 42.5 Å². The van der Waals surface area contributed by atoms with Gasteiger partial charge in [-0.2, -0.15) is 0 Å². The molecule has 0 atom stereocenters. The molecule has 0 amide bonds. The Morgan fingerprint density at radius 3 is 2.39 bits per heavy atom. The van der Waals surface area contributed by atoms with E-state index in [1.54, 1.807) is 7.11 Å². The summed E-state index contributed by atoms with van der Waals surface area (Å²) in [5, 5.41) is 0. The van der Waals surface area contributed by atoms with Crippen LogP contribution in [0.25, 0.3) is 0 Å². The maximum Gasteiger partial charge on any atom is 0.0713 e. The first kappa shape index (κ1) is 17.7. The number of ether oxygens (including phenoxy) is 1. The minimum atomic E-state index is 0.108. The molecule has 0 unspecified atom stereocenters. The first-order valence-corrected chi connectivity index (χ1v) is 8.52. The SMILES string of the molecule is COCc1ccc(C)c(CC(C)(C)c2ccccc2C(C)C)c1. The quantitative estimate of drug-likeness (QED) is 0.656. The van der Waals surface area contributed by atoms with E-state index in [0.29, 0.717) is 12.5 Å². The van der Waals surface area contributed by atoms with Crippen molar-refractivity contribution in [3.05, 3.63) is 70.3 Å². The molecule has 0 saturated heterocycles. The van der Waals surface area contributed by atoms with E-state index in [9.17, 15) is 0 Å². The Hall–Kier alpha value is -1.60. The van der Waals surface area contributed by atoms with Gasteiger partial charge >= 0.3 is 0 Å². The molecule has 0 aromatic heterocycles. The zero-order valence-corrected chi connectivity index (χ0v) is 15.4. The lowest BCUT2D eigenvalue weighted by molar-refractivity contribution is 0.185. The van der Waals surface area contributed by atoms with Crippen LogP contribution in [-0.4, -0.2) is 7.11 Å². The Kier molecular flexibility index (Phi) is 5.64. The summed E-state index contributed by atoms with van der Waals surface area (Å²) < 4.78 is 5.29. The van der Waals surface area contributed by atoms with E-state index in [0.717, 1.165) is 6.42 Å². The fourth-order valence-electron chi connectivity index (χ4n) is 3.36. The van der Waals surface area contributed by atoms with Crippen molar-refractivity contribution in [2.24, 2.45) is 0 Å². The van der Waals surface area contributed by atoms with Gasteiger partial charge in [-0.05, 0) is 52.5 Å². The van der Waals surface area contributed by atoms with Crippen molar-refractivity contribution in [2.45, 2.75) is 59.0 Å². The monoisotopic (exact) mass is 310 g/mol. The Morgan fingerprint density at radius 2 is 1.74 bits per heavy atom. The van der Waals surface area contributed by atoms with Gasteiger partial charge in [-0.1, -0.05) is 70.2 Å². The summed E-state index contributed by atoms with van der Waals surface area (Å²) in [6.45, 7) is 12.2. The third kappa shape index (κ3) is 4.23. The van der Waals surface area contributed by atoms with Gasteiger partial charge in [0, 0.05) is 7.11 Å². The lowest BCUT2D eigenvalue weighted by atomic mass is 9.74. The lowest BCUT2D eigenvalue weighted by Gasteiger charge is -2.30. The van der Waals surface area contributed by atoms with Crippen molar-refractivity contribution in [3.8, 4) is 0 Å². The number of aryl methyl sites for hydroxylation is 1. The van der Waals surface area contributed by atoms with Crippen LogP contribution in [0.4, 0.5) is 0 Å². The van der Waals surface area contributed by atoms with E-state index >= 15 is 0 Å². The van der Waals surface area contributed by atoms with Gasteiger partial charge < -0.3 is 4.74 Å². The van der Waals surface area contributed by atoms with Gasteiger partial charge in [-0.25, -0.2) is 0 Å². The summed E-state index contributed by atoms with van der Waals surface area (Å²) in [4.78, 5) is 0. The second kappa shape index (κ2) is 7.31. The molecule has 0 saturated carbocycles. The van der Waals surface area contributed by atoms with Crippen LogP contribution in [0.1, 0.15) is 61.4 Å². The standard InChI is InChI=1S/C22H30O/c1-16(2)20-9-7-8-10-21(20)22(4,5)14-19-13-18(15-23-6)12-11-17(19)3/h7-13,16H,14-15H2,1-6H3. The summed E-state index contributed by atoms with van der Waals surface area (Å²) in [6, 6.07) is 15.6. The number of rotatable bonds is 6. The van der Waals surface area contributed by atoms with Crippen LogP contribution in [0.5, 0.6) is 0 Å². The molecule has 124 valence electrons. The molecule has 1 nitrogen and oxygen atoms in total. The molecule has 2 aromatic carbocycles. The maximum absolute atomic E-state index is 5.29. The fourth-order valence-corrected chi connectivity index (χ4v) is 3.36. The highest BCUT2D eigenvalue weighted by Gasteiger charge is 2.25. The molecule has 0 bridgehead atoms. The molecule has 0 radical (unpaired) electrons. The first-order valence-electron chi connectivity index (χ1n) is 8.52. The van der Waals surface area contributed by atoms with Crippen molar-refractivity contribution >= 4 is 0 Å². The normalized spacial score (nSPS) is 12.0. The smallest absolute Gasteiger partial charge is 0.0713 e. The molecule has 0 aliphatic carbocycles. The van der Waals surface area contributed by atoms with E-state index < -0.39 is 0 Å². The van der Waals surface area contributed by atoms with Crippen molar-refractivity contribution in [2.75, 3.05) is 7.11 Å².